The van der Waals surface area contributed by atoms with Gasteiger partial charge in [-0.05, 0) is 0 Å². The molecule has 2 nitrogen and oxygen atoms in total. The summed E-state index contributed by atoms with van der Waals surface area (Å²) < 4.78 is 22.2. The summed E-state index contributed by atoms with van der Waals surface area (Å²) in [4.78, 5) is 9.32. The molecule has 0 aromatic carbocycles. The van der Waals surface area contributed by atoms with E-state index in [0.717, 1.165) is 0 Å². The Balaban J connectivity index is 0. The van der Waals surface area contributed by atoms with Crippen LogP contribution in [0.3, 0.4) is 0 Å². The van der Waals surface area contributed by atoms with E-state index >= 15 is 0 Å². The van der Waals surface area contributed by atoms with Gasteiger partial charge in [0.15, 0.2) is 17.4 Å². The second-order valence-electron chi connectivity index (χ2n) is 0.960. The molecule has 0 radical (unpaired) electrons. The van der Waals surface area contributed by atoms with Gasteiger partial charge in [-0.15, -0.1) is 0 Å². The fourth-order valence-electron chi connectivity index (χ4n) is 0.0660. The summed E-state index contributed by atoms with van der Waals surface area (Å²) in [6.45, 7) is -1.45. The van der Waals surface area contributed by atoms with Crippen molar-refractivity contribution in [3.8, 4) is 0 Å². The van der Waals surface area contributed by atoms with Crippen LogP contribution in [0, 0.1) is 0 Å². The summed E-state index contributed by atoms with van der Waals surface area (Å²) in [7, 11) is 0. The van der Waals surface area contributed by atoms with Crippen molar-refractivity contribution in [2.24, 2.45) is 0 Å². The fourth-order valence-corrected chi connectivity index (χ4v) is 0.0660. The summed E-state index contributed by atoms with van der Waals surface area (Å²) in [5, 5.41) is 7.57. The van der Waals surface area contributed by atoms with Crippen molar-refractivity contribution in [1.82, 2.24) is 0 Å². The summed E-state index contributed by atoms with van der Waals surface area (Å²) in [5.74, 6) is -1.75. The number of hydrogen-bond acceptors (Lipinski definition) is 1. The fraction of sp³-hybridized carbons (Fsp3) is 0.667. The van der Waals surface area contributed by atoms with Gasteiger partial charge in [-0.3, -0.25) is 0 Å². The Morgan fingerprint density at radius 2 is 2.12 bits per heavy atom. The summed E-state index contributed by atoms with van der Waals surface area (Å²) in [6, 6.07) is 0. The topological polar surface area (TPSA) is 37.3 Å². The highest BCUT2D eigenvalue weighted by Gasteiger charge is 2.13. The number of rotatable bonds is 2. The maximum atomic E-state index is 11.3. The van der Waals surface area contributed by atoms with E-state index in [1.54, 1.807) is 0 Å². The lowest BCUT2D eigenvalue weighted by Gasteiger charge is -1.89. The minimum absolute atomic E-state index is 0. The predicted octanol–water partition coefficient (Wildman–Crippen LogP) is -0.805. The molecule has 0 spiro atoms. The Labute approximate surface area is 55.6 Å². The molecule has 0 aliphatic carbocycles. The molecule has 0 fully saturated rings. The number of alkyl halides is 2. The van der Waals surface area contributed by atoms with Gasteiger partial charge in [0.2, 0.25) is 6.17 Å². The maximum Gasteiger partial charge on any atom is 0.341 e. The zero-order valence-corrected chi connectivity index (χ0v) is 3.40. The van der Waals surface area contributed by atoms with E-state index in [-0.39, 0.29) is 17.4 Å². The van der Waals surface area contributed by atoms with Crippen LogP contribution in [0.4, 0.5) is 8.78 Å². The third-order valence-electron chi connectivity index (χ3n) is 0.403. The van der Waals surface area contributed by atoms with Gasteiger partial charge in [-0.2, -0.15) is 0 Å². The SMILES string of the molecule is O=C(O)C(F)CF.[AlH3]. The molecule has 0 aliphatic rings. The molecule has 48 valence electrons. The van der Waals surface area contributed by atoms with Crippen LogP contribution in [0.5, 0.6) is 0 Å². The summed E-state index contributed by atoms with van der Waals surface area (Å²) >= 11 is 0. The van der Waals surface area contributed by atoms with Gasteiger partial charge < -0.3 is 5.11 Å². The smallest absolute Gasteiger partial charge is 0.341 e. The molecule has 0 saturated heterocycles. The van der Waals surface area contributed by atoms with Gasteiger partial charge in [0.1, 0.15) is 6.67 Å². The van der Waals surface area contributed by atoms with E-state index in [0.29, 0.717) is 0 Å². The second-order valence-corrected chi connectivity index (χ2v) is 0.960. The molecule has 1 atom stereocenters. The third kappa shape index (κ3) is 4.03. The van der Waals surface area contributed by atoms with Gasteiger partial charge in [0.05, 0.1) is 0 Å². The molecule has 0 saturated carbocycles. The average molecular weight is 140 g/mol. The lowest BCUT2D eigenvalue weighted by molar-refractivity contribution is -0.143. The van der Waals surface area contributed by atoms with Crippen LogP contribution < -0.4 is 0 Å². The second kappa shape index (κ2) is 5.01. The first-order valence-electron chi connectivity index (χ1n) is 1.61. The Bertz CT molecular complexity index is 77.7. The van der Waals surface area contributed by atoms with E-state index < -0.39 is 18.8 Å². The van der Waals surface area contributed by atoms with Gasteiger partial charge >= 0.3 is 5.97 Å². The molecule has 0 bridgehead atoms. The zero-order chi connectivity index (χ0) is 5.86. The number of hydrogen-bond donors (Lipinski definition) is 1. The predicted molar refractivity (Wildman–Crippen MR) is 28.4 cm³/mol. The minimum Gasteiger partial charge on any atom is -0.479 e. The first-order chi connectivity index (χ1) is 3.18. The first kappa shape index (κ1) is 10.8. The van der Waals surface area contributed by atoms with E-state index in [4.69, 9.17) is 5.11 Å². The Morgan fingerprint density at radius 3 is 2.12 bits per heavy atom. The van der Waals surface area contributed by atoms with Crippen LogP contribution in [0.25, 0.3) is 0 Å². The van der Waals surface area contributed by atoms with Crippen molar-refractivity contribution in [3.63, 3.8) is 0 Å². The number of carboxylic acids is 1. The van der Waals surface area contributed by atoms with Crippen molar-refractivity contribution in [3.05, 3.63) is 0 Å². The molecule has 5 heteroatoms. The van der Waals surface area contributed by atoms with Crippen LogP contribution in [0.15, 0.2) is 0 Å². The molecule has 0 amide bonds. The van der Waals surface area contributed by atoms with E-state index in [1.165, 1.54) is 0 Å². The standard InChI is InChI=1S/C3H4F2O2.Al.3H/c4-1-2(5)3(6)7;;;;/h2H,1H2,(H,6,7);;;;. The van der Waals surface area contributed by atoms with Crippen molar-refractivity contribution in [1.29, 1.82) is 0 Å². The van der Waals surface area contributed by atoms with Crippen molar-refractivity contribution in [2.75, 3.05) is 6.67 Å². The van der Waals surface area contributed by atoms with Crippen LogP contribution in [-0.4, -0.2) is 41.3 Å². The lowest BCUT2D eigenvalue weighted by atomic mass is 10.4. The molecule has 0 aromatic rings. The van der Waals surface area contributed by atoms with Crippen molar-refractivity contribution < 1.29 is 18.7 Å². The molecule has 1 N–H and O–H groups in total. The molecule has 0 rings (SSSR count). The monoisotopic (exact) mass is 140 g/mol. The molecule has 0 heterocycles. The van der Waals surface area contributed by atoms with E-state index in [9.17, 15) is 13.6 Å². The Hall–Kier alpha value is -0.138. The summed E-state index contributed by atoms with van der Waals surface area (Å²) in [5.41, 5.74) is 0. The lowest BCUT2D eigenvalue weighted by Crippen LogP contribution is -2.15. The quantitative estimate of drug-likeness (QED) is 0.509. The maximum absolute atomic E-state index is 11.3. The van der Waals surface area contributed by atoms with Gasteiger partial charge in [0.25, 0.3) is 0 Å². The van der Waals surface area contributed by atoms with Gasteiger partial charge in [-0.1, -0.05) is 0 Å². The number of carboxylic acid groups (broad SMARTS) is 1. The minimum atomic E-state index is -2.35. The Kier molecular flexibility index (Phi) is 6.74. The molecule has 0 aliphatic heterocycles. The number of aliphatic carboxylic acids is 1. The van der Waals surface area contributed by atoms with Gasteiger partial charge in [0, 0.05) is 0 Å². The average Bonchev–Trinajstić information content (AvgIpc) is 1.65. The zero-order valence-electron chi connectivity index (χ0n) is 3.40. The number of halogens is 2. The highest BCUT2D eigenvalue weighted by molar-refractivity contribution is 5.75. The van der Waals surface area contributed by atoms with E-state index in [1.807, 2.05) is 0 Å². The first-order valence-corrected chi connectivity index (χ1v) is 1.61. The third-order valence-corrected chi connectivity index (χ3v) is 0.403. The van der Waals surface area contributed by atoms with Gasteiger partial charge in [-0.25, -0.2) is 13.6 Å². The molecular weight excluding hydrogens is 133 g/mol. The van der Waals surface area contributed by atoms with Crippen LogP contribution >= 0.6 is 0 Å². The molecule has 1 unspecified atom stereocenters. The van der Waals surface area contributed by atoms with Crippen molar-refractivity contribution in [2.45, 2.75) is 6.17 Å². The molecule has 8 heavy (non-hydrogen) atoms. The normalized spacial score (nSPS) is 11.8. The highest BCUT2D eigenvalue weighted by atomic mass is 27.0. The van der Waals surface area contributed by atoms with Crippen LogP contribution in [-0.2, 0) is 4.79 Å². The summed E-state index contributed by atoms with van der Waals surface area (Å²) in [6.07, 6.45) is -2.35. The largest absolute Gasteiger partial charge is 0.479 e. The Morgan fingerprint density at radius 1 is 1.75 bits per heavy atom. The van der Waals surface area contributed by atoms with Crippen LogP contribution in [0.1, 0.15) is 0 Å². The van der Waals surface area contributed by atoms with Crippen molar-refractivity contribution >= 4 is 23.3 Å². The number of carbonyl (C=O) groups is 1. The highest BCUT2D eigenvalue weighted by Crippen LogP contribution is 1.88. The van der Waals surface area contributed by atoms with Crippen LogP contribution in [0.2, 0.25) is 0 Å². The molecule has 0 aromatic heterocycles. The molecular formula is C3H7AlF2O2. The van der Waals surface area contributed by atoms with E-state index in [2.05, 4.69) is 0 Å².